The van der Waals surface area contributed by atoms with Crippen LogP contribution in [0.5, 0.6) is 0 Å². The SMILES string of the molecule is CC1(C)Cc2ccc(C#N)cc2[C@@H]1NC(=O)c1cc2cc([N+](=O)[O-])ccc2[nH]1. The molecule has 7 nitrogen and oxygen atoms in total. The number of nitro benzene ring substituents is 1. The van der Waals surface area contributed by atoms with E-state index in [1.54, 1.807) is 18.2 Å². The van der Waals surface area contributed by atoms with Crippen LogP contribution in [0.4, 0.5) is 5.69 Å². The van der Waals surface area contributed by atoms with Gasteiger partial charge in [0.15, 0.2) is 0 Å². The number of hydrogen-bond acceptors (Lipinski definition) is 4. The molecule has 3 aromatic rings. The Bertz CT molecular complexity index is 1170. The number of nitro groups is 1. The second kappa shape index (κ2) is 6.20. The van der Waals surface area contributed by atoms with Crippen molar-refractivity contribution >= 4 is 22.5 Å². The molecule has 2 N–H and O–H groups in total. The average molecular weight is 374 g/mol. The predicted molar refractivity (Wildman–Crippen MR) is 104 cm³/mol. The molecular formula is C21H18N4O3. The molecule has 1 atom stereocenters. The fourth-order valence-electron chi connectivity index (χ4n) is 3.95. The van der Waals surface area contributed by atoms with Gasteiger partial charge in [0.1, 0.15) is 5.69 Å². The van der Waals surface area contributed by atoms with Crippen LogP contribution in [-0.4, -0.2) is 15.8 Å². The standard InChI is InChI=1S/C21H18N4O3/c1-21(2)10-13-4-3-12(11-22)7-16(13)19(21)24-20(26)18-9-14-8-15(25(27)28)5-6-17(14)23-18/h3-9,19,23H,10H2,1-2H3,(H,24,26)/t19-/m0/s1. The molecule has 0 saturated carbocycles. The Hall–Kier alpha value is -3.66. The van der Waals surface area contributed by atoms with Crippen molar-refractivity contribution in [2.24, 2.45) is 5.41 Å². The summed E-state index contributed by atoms with van der Waals surface area (Å²) in [6, 6.07) is 13.6. The van der Waals surface area contributed by atoms with Gasteiger partial charge in [-0.15, -0.1) is 0 Å². The molecule has 28 heavy (non-hydrogen) atoms. The van der Waals surface area contributed by atoms with E-state index in [9.17, 15) is 20.2 Å². The van der Waals surface area contributed by atoms with E-state index in [1.165, 1.54) is 12.1 Å². The maximum atomic E-state index is 12.9. The average Bonchev–Trinajstić information content (AvgIpc) is 3.19. The number of nitriles is 1. The molecule has 0 fully saturated rings. The molecule has 1 aliphatic carbocycles. The molecule has 0 radical (unpaired) electrons. The van der Waals surface area contributed by atoms with Gasteiger partial charge in [-0.1, -0.05) is 19.9 Å². The number of nitrogens with one attached hydrogen (secondary N) is 2. The number of carbonyl (C=O) groups excluding carboxylic acids is 1. The predicted octanol–water partition coefficient (Wildman–Crippen LogP) is 4.00. The summed E-state index contributed by atoms with van der Waals surface area (Å²) in [5.74, 6) is -0.285. The van der Waals surface area contributed by atoms with Gasteiger partial charge < -0.3 is 10.3 Å². The van der Waals surface area contributed by atoms with Gasteiger partial charge in [0.2, 0.25) is 0 Å². The van der Waals surface area contributed by atoms with Crippen LogP contribution in [-0.2, 0) is 6.42 Å². The first-order chi connectivity index (χ1) is 13.3. The number of carbonyl (C=O) groups is 1. The fourth-order valence-corrected chi connectivity index (χ4v) is 3.95. The lowest BCUT2D eigenvalue weighted by Crippen LogP contribution is -2.35. The molecule has 1 heterocycles. The highest BCUT2D eigenvalue weighted by molar-refractivity contribution is 5.98. The first-order valence-corrected chi connectivity index (χ1v) is 8.89. The number of amides is 1. The first kappa shape index (κ1) is 17.7. The van der Waals surface area contributed by atoms with Gasteiger partial charge in [-0.25, -0.2) is 0 Å². The van der Waals surface area contributed by atoms with Crippen molar-refractivity contribution in [1.82, 2.24) is 10.3 Å². The van der Waals surface area contributed by atoms with E-state index in [1.807, 2.05) is 12.1 Å². The van der Waals surface area contributed by atoms with Crippen molar-refractivity contribution in [3.05, 3.63) is 75.0 Å². The quantitative estimate of drug-likeness (QED) is 0.533. The minimum Gasteiger partial charge on any atom is -0.351 e. The number of hydrogen-bond donors (Lipinski definition) is 2. The van der Waals surface area contributed by atoms with Crippen molar-refractivity contribution in [2.45, 2.75) is 26.3 Å². The Labute approximate surface area is 161 Å². The number of aromatic nitrogens is 1. The van der Waals surface area contributed by atoms with Crippen molar-refractivity contribution < 1.29 is 9.72 Å². The summed E-state index contributed by atoms with van der Waals surface area (Å²) in [6.45, 7) is 4.16. The summed E-state index contributed by atoms with van der Waals surface area (Å²) in [6.07, 6.45) is 0.803. The van der Waals surface area contributed by atoms with E-state index in [-0.39, 0.29) is 23.1 Å². The topological polar surface area (TPSA) is 112 Å². The van der Waals surface area contributed by atoms with Gasteiger partial charge in [-0.2, -0.15) is 5.26 Å². The Morgan fingerprint density at radius 1 is 1.29 bits per heavy atom. The molecule has 0 unspecified atom stereocenters. The Morgan fingerprint density at radius 2 is 2.07 bits per heavy atom. The minimum atomic E-state index is -0.461. The third kappa shape index (κ3) is 2.89. The van der Waals surface area contributed by atoms with Gasteiger partial charge in [-0.05, 0) is 47.2 Å². The van der Waals surface area contributed by atoms with Crippen LogP contribution in [0.25, 0.3) is 10.9 Å². The van der Waals surface area contributed by atoms with Gasteiger partial charge >= 0.3 is 0 Å². The molecule has 0 spiro atoms. The molecule has 1 aromatic heterocycles. The Balaban J connectivity index is 1.66. The largest absolute Gasteiger partial charge is 0.351 e. The Kier molecular flexibility index (Phi) is 3.93. The maximum absolute atomic E-state index is 12.9. The highest BCUT2D eigenvalue weighted by Crippen LogP contribution is 2.45. The second-order valence-corrected chi connectivity index (χ2v) is 7.81. The maximum Gasteiger partial charge on any atom is 0.270 e. The monoisotopic (exact) mass is 374 g/mol. The molecule has 4 rings (SSSR count). The molecule has 1 aliphatic rings. The molecule has 140 valence electrons. The van der Waals surface area contributed by atoms with Gasteiger partial charge in [-0.3, -0.25) is 14.9 Å². The van der Waals surface area contributed by atoms with Crippen LogP contribution in [0.2, 0.25) is 0 Å². The zero-order valence-corrected chi connectivity index (χ0v) is 15.4. The lowest BCUT2D eigenvalue weighted by Gasteiger charge is -2.28. The molecule has 0 saturated heterocycles. The van der Waals surface area contributed by atoms with Gasteiger partial charge in [0, 0.05) is 23.0 Å². The number of non-ortho nitro benzene ring substituents is 1. The number of nitrogens with zero attached hydrogens (tertiary/aromatic N) is 2. The van der Waals surface area contributed by atoms with Crippen molar-refractivity contribution in [2.75, 3.05) is 0 Å². The van der Waals surface area contributed by atoms with E-state index >= 15 is 0 Å². The summed E-state index contributed by atoms with van der Waals surface area (Å²) in [5.41, 5.74) is 3.44. The van der Waals surface area contributed by atoms with Crippen LogP contribution in [0, 0.1) is 26.9 Å². The summed E-state index contributed by atoms with van der Waals surface area (Å²) in [5, 5.41) is 23.8. The zero-order chi connectivity index (χ0) is 20.1. The number of rotatable bonds is 3. The zero-order valence-electron chi connectivity index (χ0n) is 15.4. The lowest BCUT2D eigenvalue weighted by molar-refractivity contribution is -0.384. The van der Waals surface area contributed by atoms with Crippen molar-refractivity contribution in [3.8, 4) is 6.07 Å². The number of benzene rings is 2. The van der Waals surface area contributed by atoms with Crippen LogP contribution in [0.15, 0.2) is 42.5 Å². The lowest BCUT2D eigenvalue weighted by atomic mass is 9.85. The highest BCUT2D eigenvalue weighted by Gasteiger charge is 2.40. The minimum absolute atomic E-state index is 0.0201. The van der Waals surface area contributed by atoms with Crippen LogP contribution >= 0.6 is 0 Å². The highest BCUT2D eigenvalue weighted by atomic mass is 16.6. The molecule has 7 heteroatoms. The van der Waals surface area contributed by atoms with Crippen molar-refractivity contribution in [3.63, 3.8) is 0 Å². The van der Waals surface area contributed by atoms with Crippen LogP contribution in [0.1, 0.15) is 47.1 Å². The molecule has 0 bridgehead atoms. The number of H-pyrrole nitrogens is 1. The van der Waals surface area contributed by atoms with Gasteiger partial charge in [0.05, 0.1) is 22.6 Å². The van der Waals surface area contributed by atoms with E-state index < -0.39 is 4.92 Å². The molecule has 1 amide bonds. The van der Waals surface area contributed by atoms with Crippen LogP contribution < -0.4 is 5.32 Å². The van der Waals surface area contributed by atoms with Crippen molar-refractivity contribution in [1.29, 1.82) is 5.26 Å². The summed E-state index contributed by atoms with van der Waals surface area (Å²) < 4.78 is 0. The Morgan fingerprint density at radius 3 is 2.79 bits per heavy atom. The number of aromatic amines is 1. The van der Waals surface area contributed by atoms with E-state index in [0.717, 1.165) is 17.5 Å². The first-order valence-electron chi connectivity index (χ1n) is 8.89. The fraction of sp³-hybridized carbons (Fsp3) is 0.238. The van der Waals surface area contributed by atoms with Crippen LogP contribution in [0.3, 0.4) is 0 Å². The summed E-state index contributed by atoms with van der Waals surface area (Å²) >= 11 is 0. The number of fused-ring (bicyclic) bond motifs is 2. The van der Waals surface area contributed by atoms with E-state index in [0.29, 0.717) is 22.2 Å². The molecular weight excluding hydrogens is 356 g/mol. The molecule has 0 aliphatic heterocycles. The summed E-state index contributed by atoms with van der Waals surface area (Å²) in [7, 11) is 0. The molecule has 2 aromatic carbocycles. The summed E-state index contributed by atoms with van der Waals surface area (Å²) in [4.78, 5) is 26.4. The van der Waals surface area contributed by atoms with Gasteiger partial charge in [0.25, 0.3) is 11.6 Å². The second-order valence-electron chi connectivity index (χ2n) is 7.81. The van der Waals surface area contributed by atoms with E-state index in [4.69, 9.17) is 0 Å². The van der Waals surface area contributed by atoms with E-state index in [2.05, 4.69) is 30.2 Å². The smallest absolute Gasteiger partial charge is 0.270 e. The third-order valence-electron chi connectivity index (χ3n) is 5.35. The third-order valence-corrected chi connectivity index (χ3v) is 5.35. The normalized spacial score (nSPS) is 17.1.